The number of unbranched alkanes of at least 4 members (excludes halogenated alkanes) is 2. The Morgan fingerprint density at radius 1 is 1.19 bits per heavy atom. The van der Waals surface area contributed by atoms with E-state index >= 15 is 0 Å². The van der Waals surface area contributed by atoms with E-state index < -0.39 is 10.4 Å². The van der Waals surface area contributed by atoms with Crippen LogP contribution in [0, 0.1) is 5.92 Å². The van der Waals surface area contributed by atoms with E-state index in [9.17, 15) is 13.0 Å². The summed E-state index contributed by atoms with van der Waals surface area (Å²) in [5.74, 6) is 0.750. The lowest BCUT2D eigenvalue weighted by atomic mass is 10.1. The Kier molecular flexibility index (Phi) is 8.51. The molecule has 0 aromatic rings. The normalized spacial score (nSPS) is 12.8. The Balaban J connectivity index is 3.29. The monoisotopic (exact) mass is 249 g/mol. The third-order valence-electron chi connectivity index (χ3n) is 2.08. The minimum atomic E-state index is -4.52. The summed E-state index contributed by atoms with van der Waals surface area (Å²) < 4.78 is 34.3. The van der Waals surface area contributed by atoms with E-state index in [4.69, 9.17) is 0 Å². The van der Waals surface area contributed by atoms with E-state index in [2.05, 4.69) is 18.0 Å². The summed E-state index contributed by atoms with van der Waals surface area (Å²) >= 11 is 0. The zero-order chi connectivity index (χ0) is 12.4. The molecule has 0 fully saturated rings. The van der Waals surface area contributed by atoms with Gasteiger partial charge in [-0.15, -0.1) is 0 Å². The van der Waals surface area contributed by atoms with Gasteiger partial charge < -0.3 is 4.55 Å². The summed E-state index contributed by atoms with van der Waals surface area (Å²) in [6.07, 6.45) is 8.92. The van der Waals surface area contributed by atoms with Gasteiger partial charge in [0.05, 0.1) is 6.61 Å². The van der Waals surface area contributed by atoms with E-state index in [0.717, 1.165) is 18.8 Å². The molecule has 0 amide bonds. The molecule has 0 aliphatic heterocycles. The fraction of sp³-hybridized carbons (Fsp3) is 0.818. The van der Waals surface area contributed by atoms with Crippen molar-refractivity contribution in [3.05, 3.63) is 12.2 Å². The maximum atomic E-state index is 10.1. The lowest BCUT2D eigenvalue weighted by molar-refractivity contribution is 0.266. The summed E-state index contributed by atoms with van der Waals surface area (Å²) in [5, 5.41) is 0. The highest BCUT2D eigenvalue weighted by molar-refractivity contribution is 7.80. The van der Waals surface area contributed by atoms with E-state index in [1.165, 1.54) is 12.8 Å². The molecule has 0 atom stereocenters. The maximum absolute atomic E-state index is 10.1. The molecule has 0 aliphatic rings. The molecule has 0 aromatic carbocycles. The largest absolute Gasteiger partial charge is 0.726 e. The van der Waals surface area contributed by atoms with Gasteiger partial charge in [-0.1, -0.05) is 38.8 Å². The zero-order valence-electron chi connectivity index (χ0n) is 10.0. The highest BCUT2D eigenvalue weighted by atomic mass is 32.3. The molecule has 0 saturated heterocycles. The van der Waals surface area contributed by atoms with Crippen molar-refractivity contribution in [2.45, 2.75) is 46.0 Å². The first kappa shape index (κ1) is 15.6. The highest BCUT2D eigenvalue weighted by Crippen LogP contribution is 2.08. The molecule has 0 bridgehead atoms. The van der Waals surface area contributed by atoms with Crippen LogP contribution in [0.4, 0.5) is 0 Å². The van der Waals surface area contributed by atoms with Crippen LogP contribution in [-0.4, -0.2) is 19.6 Å². The van der Waals surface area contributed by atoms with Crippen LogP contribution in [0.2, 0.25) is 0 Å². The quantitative estimate of drug-likeness (QED) is 0.273. The summed E-state index contributed by atoms with van der Waals surface area (Å²) in [7, 11) is -4.52. The summed E-state index contributed by atoms with van der Waals surface area (Å²) in [6, 6.07) is 0. The van der Waals surface area contributed by atoms with Gasteiger partial charge >= 0.3 is 0 Å². The zero-order valence-corrected chi connectivity index (χ0v) is 10.8. The van der Waals surface area contributed by atoms with Crippen molar-refractivity contribution in [1.29, 1.82) is 0 Å². The van der Waals surface area contributed by atoms with Crippen LogP contribution in [0.1, 0.15) is 46.0 Å². The van der Waals surface area contributed by atoms with Crippen LogP contribution in [-0.2, 0) is 14.6 Å². The summed E-state index contributed by atoms with van der Waals surface area (Å²) in [6.45, 7) is 4.35. The van der Waals surface area contributed by atoms with E-state index in [-0.39, 0.29) is 6.61 Å². The maximum Gasteiger partial charge on any atom is 0.217 e. The molecule has 5 heteroatoms. The summed E-state index contributed by atoms with van der Waals surface area (Å²) in [5.41, 5.74) is 0. The Hall–Kier alpha value is -0.390. The van der Waals surface area contributed by atoms with Gasteiger partial charge in [0.2, 0.25) is 10.4 Å². The second kappa shape index (κ2) is 8.73. The minimum absolute atomic E-state index is 0.0612. The smallest absolute Gasteiger partial charge is 0.217 e. The van der Waals surface area contributed by atoms with Gasteiger partial charge in [-0.25, -0.2) is 8.42 Å². The van der Waals surface area contributed by atoms with Crippen LogP contribution >= 0.6 is 0 Å². The van der Waals surface area contributed by atoms with Crippen molar-refractivity contribution in [3.8, 4) is 0 Å². The van der Waals surface area contributed by atoms with Crippen molar-refractivity contribution in [2.24, 2.45) is 5.92 Å². The van der Waals surface area contributed by atoms with Gasteiger partial charge in [-0.2, -0.15) is 0 Å². The van der Waals surface area contributed by atoms with E-state index in [1.807, 2.05) is 12.2 Å². The van der Waals surface area contributed by atoms with Crippen LogP contribution in [0.25, 0.3) is 0 Å². The van der Waals surface area contributed by atoms with Gasteiger partial charge in [-0.05, 0) is 25.2 Å². The molecule has 0 heterocycles. The van der Waals surface area contributed by atoms with Gasteiger partial charge in [0, 0.05) is 0 Å². The molecule has 0 spiro atoms. The predicted molar refractivity (Wildman–Crippen MR) is 62.7 cm³/mol. The highest BCUT2D eigenvalue weighted by Gasteiger charge is 1.93. The minimum Gasteiger partial charge on any atom is -0.726 e. The third kappa shape index (κ3) is 13.6. The van der Waals surface area contributed by atoms with Gasteiger partial charge in [-0.3, -0.25) is 4.18 Å². The first-order chi connectivity index (χ1) is 7.42. The lowest BCUT2D eigenvalue weighted by Gasteiger charge is -2.05. The average molecular weight is 249 g/mol. The van der Waals surface area contributed by atoms with Crippen molar-refractivity contribution in [2.75, 3.05) is 6.61 Å². The molecule has 0 aliphatic carbocycles. The molecule has 16 heavy (non-hydrogen) atoms. The van der Waals surface area contributed by atoms with Crippen LogP contribution in [0.3, 0.4) is 0 Å². The molecule has 4 nitrogen and oxygen atoms in total. The molecule has 96 valence electrons. The standard InChI is InChI=1S/C11H22O4S/c1-11(2)9-7-5-3-4-6-8-10-15-16(12,13)14/h4,6,11H,3,5,7-10H2,1-2H3,(H,12,13,14)/p-1/b6-4-. The molecule has 0 radical (unpaired) electrons. The van der Waals surface area contributed by atoms with Gasteiger partial charge in [0.1, 0.15) is 0 Å². The van der Waals surface area contributed by atoms with E-state index in [1.54, 1.807) is 0 Å². The van der Waals surface area contributed by atoms with Crippen LogP contribution in [0.15, 0.2) is 12.2 Å². The first-order valence-electron chi connectivity index (χ1n) is 5.67. The van der Waals surface area contributed by atoms with Crippen molar-refractivity contribution in [3.63, 3.8) is 0 Å². The first-order valence-corrected chi connectivity index (χ1v) is 7.00. The Morgan fingerprint density at radius 3 is 2.38 bits per heavy atom. The van der Waals surface area contributed by atoms with Crippen molar-refractivity contribution >= 4 is 10.4 Å². The number of allylic oxidation sites excluding steroid dienone is 1. The second-order valence-corrected chi connectivity index (χ2v) is 5.22. The molecular weight excluding hydrogens is 228 g/mol. The molecule has 0 saturated carbocycles. The topological polar surface area (TPSA) is 66.4 Å². The van der Waals surface area contributed by atoms with Crippen molar-refractivity contribution < 1.29 is 17.2 Å². The molecule has 0 N–H and O–H groups in total. The summed E-state index contributed by atoms with van der Waals surface area (Å²) in [4.78, 5) is 0. The molecule has 0 aromatic heterocycles. The molecular formula is C11H21O4S-. The SMILES string of the molecule is CC(C)CCCC/C=C\CCOS(=O)(=O)[O-]. The van der Waals surface area contributed by atoms with Crippen molar-refractivity contribution in [1.82, 2.24) is 0 Å². The van der Waals surface area contributed by atoms with Gasteiger partial charge in [0.15, 0.2) is 0 Å². The Bertz CT molecular complexity index is 280. The molecule has 0 unspecified atom stereocenters. The fourth-order valence-corrected chi connectivity index (χ4v) is 1.57. The lowest BCUT2D eigenvalue weighted by Crippen LogP contribution is -2.04. The number of hydrogen-bond donors (Lipinski definition) is 0. The fourth-order valence-electron chi connectivity index (χ4n) is 1.27. The van der Waals surface area contributed by atoms with Crippen LogP contribution in [0.5, 0.6) is 0 Å². The third-order valence-corrected chi connectivity index (χ3v) is 2.54. The van der Waals surface area contributed by atoms with Crippen LogP contribution < -0.4 is 0 Å². The Morgan fingerprint density at radius 2 is 1.81 bits per heavy atom. The number of hydrogen-bond acceptors (Lipinski definition) is 4. The number of rotatable bonds is 9. The van der Waals surface area contributed by atoms with Gasteiger partial charge in [0.25, 0.3) is 0 Å². The Labute approximate surface area is 98.7 Å². The predicted octanol–water partition coefficient (Wildman–Crippen LogP) is 2.63. The average Bonchev–Trinajstić information content (AvgIpc) is 2.13. The van der Waals surface area contributed by atoms with E-state index in [0.29, 0.717) is 6.42 Å². The second-order valence-electron chi connectivity index (χ2n) is 4.17. The molecule has 0 rings (SSSR count).